The van der Waals surface area contributed by atoms with Gasteiger partial charge in [-0.05, 0) is 54.4 Å². The molecule has 0 heterocycles. The zero-order valence-corrected chi connectivity index (χ0v) is 21.1. The van der Waals surface area contributed by atoms with Crippen molar-refractivity contribution in [1.82, 2.24) is 0 Å². The van der Waals surface area contributed by atoms with Gasteiger partial charge in [-0.2, -0.15) is 0 Å². The Morgan fingerprint density at radius 2 is 1.76 bits per heavy atom. The van der Waals surface area contributed by atoms with Gasteiger partial charge in [-0.15, -0.1) is 0 Å². The molecule has 4 aliphatic rings. The minimum atomic E-state index is -1.02. The van der Waals surface area contributed by atoms with E-state index >= 15 is 0 Å². The maximum Gasteiger partial charge on any atom is 0.303 e. The van der Waals surface area contributed by atoms with Crippen molar-refractivity contribution in [2.45, 2.75) is 91.8 Å². The third-order valence-corrected chi connectivity index (χ3v) is 11.0. The first kappa shape index (κ1) is 25.5. The Labute approximate surface area is 201 Å². The van der Waals surface area contributed by atoms with Crippen LogP contribution in [-0.4, -0.2) is 56.8 Å². The summed E-state index contributed by atoms with van der Waals surface area (Å²) in [5.41, 5.74) is -1.93. The highest BCUT2D eigenvalue weighted by Crippen LogP contribution is 2.71. The lowest BCUT2D eigenvalue weighted by Gasteiger charge is -2.61. The van der Waals surface area contributed by atoms with Gasteiger partial charge in [0.1, 0.15) is 5.78 Å². The smallest absolute Gasteiger partial charge is 0.303 e. The quantitative estimate of drug-likeness (QED) is 0.480. The zero-order valence-electron chi connectivity index (χ0n) is 21.1. The Morgan fingerprint density at radius 3 is 2.35 bits per heavy atom. The number of carboxylic acid groups (broad SMARTS) is 1. The highest BCUT2D eigenvalue weighted by atomic mass is 16.4. The number of ketones is 2. The van der Waals surface area contributed by atoms with Crippen molar-refractivity contribution in [3.8, 4) is 0 Å². The topological polar surface area (TPSA) is 132 Å². The largest absolute Gasteiger partial charge is 0.481 e. The minimum Gasteiger partial charge on any atom is -0.481 e. The highest BCUT2D eigenvalue weighted by Gasteiger charge is 2.70. The van der Waals surface area contributed by atoms with Crippen LogP contribution in [-0.2, 0) is 14.4 Å². The van der Waals surface area contributed by atoms with Gasteiger partial charge in [-0.1, -0.05) is 34.6 Å². The molecule has 0 radical (unpaired) electrons. The molecule has 4 aliphatic carbocycles. The molecule has 7 heteroatoms. The van der Waals surface area contributed by atoms with E-state index in [1.54, 1.807) is 6.92 Å². The summed E-state index contributed by atoms with van der Waals surface area (Å²) in [6.07, 6.45) is 0.468. The van der Waals surface area contributed by atoms with Crippen LogP contribution in [0.2, 0.25) is 0 Å². The van der Waals surface area contributed by atoms with Crippen molar-refractivity contribution < 1.29 is 34.8 Å². The lowest BCUT2D eigenvalue weighted by molar-refractivity contribution is -0.152. The average molecular weight is 477 g/mol. The normalized spacial score (nSPS) is 47.2. The number of aliphatic hydroxyl groups excluding tert-OH is 3. The van der Waals surface area contributed by atoms with Gasteiger partial charge in [0.15, 0.2) is 5.78 Å². The molecule has 7 nitrogen and oxygen atoms in total. The Bertz CT molecular complexity index is 955. The van der Waals surface area contributed by atoms with Crippen molar-refractivity contribution >= 4 is 17.5 Å². The summed E-state index contributed by atoms with van der Waals surface area (Å²) in [4.78, 5) is 38.0. The molecule has 4 N–H and O–H groups in total. The molecule has 0 unspecified atom stereocenters. The molecule has 0 spiro atoms. The predicted molar refractivity (Wildman–Crippen MR) is 125 cm³/mol. The summed E-state index contributed by atoms with van der Waals surface area (Å²) >= 11 is 0. The van der Waals surface area contributed by atoms with Gasteiger partial charge in [-0.25, -0.2) is 0 Å². The fourth-order valence-corrected chi connectivity index (χ4v) is 8.78. The van der Waals surface area contributed by atoms with Crippen LogP contribution in [0.15, 0.2) is 11.1 Å². The molecule has 2 saturated carbocycles. The van der Waals surface area contributed by atoms with Gasteiger partial charge < -0.3 is 20.4 Å². The Morgan fingerprint density at radius 1 is 1.12 bits per heavy atom. The summed E-state index contributed by atoms with van der Waals surface area (Å²) in [5, 5.41) is 42.4. The molecule has 0 amide bonds. The Hall–Kier alpha value is -1.57. The highest BCUT2D eigenvalue weighted by molar-refractivity contribution is 6.01. The van der Waals surface area contributed by atoms with Crippen LogP contribution in [0.3, 0.4) is 0 Å². The molecule has 0 saturated heterocycles. The summed E-state index contributed by atoms with van der Waals surface area (Å²) < 4.78 is 0. The maximum atomic E-state index is 14.0. The number of fused-ring (bicyclic) bond motifs is 4. The van der Waals surface area contributed by atoms with Crippen LogP contribution in [0.5, 0.6) is 0 Å². The molecule has 9 atom stereocenters. The molecular formula is C27H40O7. The molecule has 2 fully saturated rings. The number of hydrogen-bond donors (Lipinski definition) is 4. The first-order valence-corrected chi connectivity index (χ1v) is 12.7. The van der Waals surface area contributed by atoms with Gasteiger partial charge in [0.2, 0.25) is 0 Å². The third kappa shape index (κ3) is 3.09. The summed E-state index contributed by atoms with van der Waals surface area (Å²) in [6.45, 7) is 9.42. The van der Waals surface area contributed by atoms with E-state index in [0.29, 0.717) is 30.4 Å². The molecule has 0 aliphatic heterocycles. The van der Waals surface area contributed by atoms with E-state index in [-0.39, 0.29) is 61.6 Å². The number of carbonyl (C=O) groups is 3. The van der Waals surface area contributed by atoms with E-state index < -0.39 is 39.8 Å². The van der Waals surface area contributed by atoms with Crippen molar-refractivity contribution in [2.75, 3.05) is 6.61 Å². The van der Waals surface area contributed by atoms with E-state index in [2.05, 4.69) is 0 Å². The Balaban J connectivity index is 1.85. The number of rotatable bonds is 5. The fraction of sp³-hybridized carbons (Fsp3) is 0.815. The van der Waals surface area contributed by atoms with Gasteiger partial charge in [0.05, 0.1) is 24.2 Å². The molecular weight excluding hydrogens is 436 g/mol. The zero-order chi connectivity index (χ0) is 25.4. The number of aliphatic carboxylic acids is 1. The lowest BCUT2D eigenvalue weighted by atomic mass is 9.42. The van der Waals surface area contributed by atoms with Crippen LogP contribution in [0.25, 0.3) is 0 Å². The molecule has 0 aromatic rings. The Kier molecular flexibility index (Phi) is 5.98. The number of allylic oxidation sites excluding steroid dienone is 1. The van der Waals surface area contributed by atoms with E-state index in [0.717, 1.165) is 0 Å². The van der Waals surface area contributed by atoms with Crippen molar-refractivity contribution in [2.24, 2.45) is 39.4 Å². The van der Waals surface area contributed by atoms with Crippen LogP contribution in [0.4, 0.5) is 0 Å². The van der Waals surface area contributed by atoms with E-state index in [9.17, 15) is 29.7 Å². The molecule has 4 rings (SSSR count). The maximum absolute atomic E-state index is 14.0. The SMILES string of the molecule is C[C@H](CCC(=O)O)[C@H]1C[C@H](O)[C@@]2(C)C3=C(C(=O)C[C@]12C)[C@@]1(C)CCC(=O)[C@](C)(CO)[C@@H]1C[C@@H]3O. The van der Waals surface area contributed by atoms with Crippen molar-refractivity contribution in [3.05, 3.63) is 11.1 Å². The third-order valence-electron chi connectivity index (χ3n) is 11.0. The first-order chi connectivity index (χ1) is 15.7. The van der Waals surface area contributed by atoms with Crippen molar-refractivity contribution in [1.29, 1.82) is 0 Å². The van der Waals surface area contributed by atoms with Crippen LogP contribution < -0.4 is 0 Å². The van der Waals surface area contributed by atoms with Crippen molar-refractivity contribution in [3.63, 3.8) is 0 Å². The predicted octanol–water partition coefficient (Wildman–Crippen LogP) is 2.90. The van der Waals surface area contributed by atoms with E-state index in [4.69, 9.17) is 5.11 Å². The molecule has 0 bridgehead atoms. The average Bonchev–Trinajstić information content (AvgIpc) is 2.97. The second-order valence-electron chi connectivity index (χ2n) is 12.5. The molecule has 190 valence electrons. The van der Waals surface area contributed by atoms with E-state index in [1.807, 2.05) is 27.7 Å². The number of carboxylic acids is 1. The second kappa shape index (κ2) is 7.97. The van der Waals surface area contributed by atoms with Crippen LogP contribution >= 0.6 is 0 Å². The monoisotopic (exact) mass is 476 g/mol. The summed E-state index contributed by atoms with van der Waals surface area (Å²) in [7, 11) is 0. The number of carbonyl (C=O) groups excluding carboxylic acids is 2. The van der Waals surface area contributed by atoms with E-state index in [1.165, 1.54) is 0 Å². The number of Topliss-reactive ketones (excluding diaryl/α,β-unsaturated/α-hetero) is 2. The number of aliphatic hydroxyl groups is 3. The molecule has 0 aromatic carbocycles. The molecule has 0 aromatic heterocycles. The second-order valence-corrected chi connectivity index (χ2v) is 12.5. The van der Waals surface area contributed by atoms with Gasteiger partial charge in [-0.3, -0.25) is 14.4 Å². The minimum absolute atomic E-state index is 0.00146. The van der Waals surface area contributed by atoms with Gasteiger partial charge in [0, 0.05) is 35.7 Å². The van der Waals surface area contributed by atoms with Crippen LogP contribution in [0, 0.1) is 39.4 Å². The number of hydrogen-bond acceptors (Lipinski definition) is 6. The first-order valence-electron chi connectivity index (χ1n) is 12.7. The lowest BCUT2D eigenvalue weighted by Crippen LogP contribution is -2.61. The molecule has 34 heavy (non-hydrogen) atoms. The standard InChI is InChI=1S/C27H40O7/c1-14(6-7-21(33)34)15-10-20(32)27(5)23-16(29)11-18-24(2,9-8-19(31)25(18,3)13-28)22(23)17(30)12-26(15,27)4/h14-16,18,20,28-29,32H,6-13H2,1-5H3,(H,33,34)/t14-,15-,16+,18-,20+,24+,25-,26-,27+/m1/s1. The summed E-state index contributed by atoms with van der Waals surface area (Å²) in [5.74, 6) is -1.34. The van der Waals surface area contributed by atoms with Crippen LogP contribution in [0.1, 0.15) is 79.6 Å². The fourth-order valence-electron chi connectivity index (χ4n) is 8.78. The van der Waals surface area contributed by atoms with Gasteiger partial charge >= 0.3 is 5.97 Å². The van der Waals surface area contributed by atoms with Gasteiger partial charge in [0.25, 0.3) is 0 Å². The summed E-state index contributed by atoms with van der Waals surface area (Å²) in [6, 6.07) is 0.